The number of thiophene rings is 1. The second-order valence-corrected chi connectivity index (χ2v) is 7.36. The van der Waals surface area contributed by atoms with E-state index >= 15 is 0 Å². The van der Waals surface area contributed by atoms with Crippen molar-refractivity contribution < 1.29 is 23.5 Å². The van der Waals surface area contributed by atoms with Crippen molar-refractivity contribution in [2.24, 2.45) is 5.73 Å². The second kappa shape index (κ2) is 8.30. The highest BCUT2D eigenvalue weighted by Gasteiger charge is 2.22. The number of ether oxygens (including phenoxy) is 1. The maximum absolute atomic E-state index is 13.1. The zero-order valence-electron chi connectivity index (χ0n) is 14.6. The molecular weight excluding hydrogens is 371 g/mol. The van der Waals surface area contributed by atoms with Crippen LogP contribution in [0.25, 0.3) is 0 Å². The van der Waals surface area contributed by atoms with Crippen molar-refractivity contribution in [1.82, 2.24) is 0 Å². The van der Waals surface area contributed by atoms with Crippen molar-refractivity contribution in [3.05, 3.63) is 51.5 Å². The molecule has 6 nitrogen and oxygen atoms in total. The van der Waals surface area contributed by atoms with Crippen molar-refractivity contribution in [2.75, 3.05) is 18.1 Å². The lowest BCUT2D eigenvalue weighted by Gasteiger charge is -2.22. The van der Waals surface area contributed by atoms with Crippen LogP contribution in [0.5, 0.6) is 0 Å². The van der Waals surface area contributed by atoms with Crippen LogP contribution in [-0.4, -0.2) is 30.9 Å². The average molecular weight is 390 g/mol. The molecule has 142 valence electrons. The molecule has 1 aromatic heterocycles. The van der Waals surface area contributed by atoms with E-state index in [-0.39, 0.29) is 13.0 Å². The Kier molecular flexibility index (Phi) is 5.85. The molecule has 0 unspecified atom stereocenters. The third kappa shape index (κ3) is 4.71. The summed E-state index contributed by atoms with van der Waals surface area (Å²) in [5.41, 5.74) is 6.73. The van der Waals surface area contributed by atoms with Gasteiger partial charge in [0, 0.05) is 23.5 Å². The molecule has 3 rings (SSSR count). The van der Waals surface area contributed by atoms with E-state index in [0.717, 1.165) is 19.3 Å². The van der Waals surface area contributed by atoms with E-state index in [9.17, 15) is 18.8 Å². The summed E-state index contributed by atoms with van der Waals surface area (Å²) in [5.74, 6) is -2.07. The molecular formula is C19H19FN2O4S. The van der Waals surface area contributed by atoms with Gasteiger partial charge in [-0.15, -0.1) is 11.3 Å². The monoisotopic (exact) mass is 390 g/mol. The third-order valence-electron chi connectivity index (χ3n) is 4.30. The SMILES string of the molecule is NC(=O)CCN(C(=O)COC(=O)c1cc2c(s1)CCC2)c1ccc(F)cc1. The zero-order chi connectivity index (χ0) is 19.4. The maximum atomic E-state index is 13.1. The first-order valence-corrected chi connectivity index (χ1v) is 9.38. The van der Waals surface area contributed by atoms with Crippen LogP contribution in [-0.2, 0) is 27.2 Å². The van der Waals surface area contributed by atoms with Gasteiger partial charge in [0.25, 0.3) is 5.91 Å². The molecule has 27 heavy (non-hydrogen) atoms. The number of amides is 2. The van der Waals surface area contributed by atoms with Crippen LogP contribution >= 0.6 is 11.3 Å². The van der Waals surface area contributed by atoms with Gasteiger partial charge in [-0.05, 0) is 55.2 Å². The largest absolute Gasteiger partial charge is 0.451 e. The first-order valence-electron chi connectivity index (χ1n) is 8.57. The van der Waals surface area contributed by atoms with Crippen molar-refractivity contribution >= 4 is 34.8 Å². The number of aryl methyl sites for hydroxylation is 2. The minimum atomic E-state index is -0.569. The van der Waals surface area contributed by atoms with E-state index in [4.69, 9.17) is 10.5 Å². The number of hydrogen-bond acceptors (Lipinski definition) is 5. The average Bonchev–Trinajstić information content (AvgIpc) is 3.23. The number of nitrogens with two attached hydrogens (primary N) is 1. The Morgan fingerprint density at radius 1 is 1.19 bits per heavy atom. The number of halogens is 1. The third-order valence-corrected chi connectivity index (χ3v) is 5.51. The van der Waals surface area contributed by atoms with Crippen molar-refractivity contribution in [3.8, 4) is 0 Å². The van der Waals surface area contributed by atoms with Crippen LogP contribution in [0, 0.1) is 5.82 Å². The molecule has 0 saturated heterocycles. The molecule has 0 spiro atoms. The number of carbonyl (C=O) groups excluding carboxylic acids is 3. The van der Waals surface area contributed by atoms with Crippen LogP contribution in [0.3, 0.4) is 0 Å². The summed E-state index contributed by atoms with van der Waals surface area (Å²) in [6, 6.07) is 7.07. The second-order valence-electron chi connectivity index (χ2n) is 6.23. The van der Waals surface area contributed by atoms with E-state index in [2.05, 4.69) is 0 Å². The molecule has 8 heteroatoms. The van der Waals surface area contributed by atoms with E-state index in [1.54, 1.807) is 0 Å². The van der Waals surface area contributed by atoms with Crippen LogP contribution < -0.4 is 10.6 Å². The number of benzene rings is 1. The molecule has 2 amide bonds. The van der Waals surface area contributed by atoms with E-state index in [1.807, 2.05) is 6.07 Å². The van der Waals surface area contributed by atoms with Gasteiger partial charge in [-0.2, -0.15) is 0 Å². The number of esters is 1. The molecule has 1 aromatic carbocycles. The predicted molar refractivity (Wildman–Crippen MR) is 99.2 cm³/mol. The molecule has 2 N–H and O–H groups in total. The number of anilines is 1. The van der Waals surface area contributed by atoms with Gasteiger partial charge in [-0.3, -0.25) is 9.59 Å². The highest BCUT2D eigenvalue weighted by Crippen LogP contribution is 2.31. The van der Waals surface area contributed by atoms with Gasteiger partial charge in [0.15, 0.2) is 6.61 Å². The summed E-state index contributed by atoms with van der Waals surface area (Å²) in [7, 11) is 0. The Morgan fingerprint density at radius 2 is 1.93 bits per heavy atom. The fourth-order valence-corrected chi connectivity index (χ4v) is 4.09. The van der Waals surface area contributed by atoms with Crippen LogP contribution in [0.2, 0.25) is 0 Å². The number of fused-ring (bicyclic) bond motifs is 1. The lowest BCUT2D eigenvalue weighted by molar-refractivity contribution is -0.121. The highest BCUT2D eigenvalue weighted by atomic mass is 32.1. The molecule has 0 atom stereocenters. The van der Waals surface area contributed by atoms with Crippen LogP contribution in [0.4, 0.5) is 10.1 Å². The summed E-state index contributed by atoms with van der Waals surface area (Å²) in [4.78, 5) is 38.7. The van der Waals surface area contributed by atoms with Crippen LogP contribution in [0.1, 0.15) is 33.0 Å². The molecule has 0 fully saturated rings. The summed E-state index contributed by atoms with van der Waals surface area (Å²) in [6.07, 6.45) is 2.97. The molecule has 1 heterocycles. The summed E-state index contributed by atoms with van der Waals surface area (Å²) in [5, 5.41) is 0. The number of rotatable bonds is 7. The Balaban J connectivity index is 1.64. The predicted octanol–water partition coefficient (Wildman–Crippen LogP) is 2.44. The molecule has 0 aliphatic heterocycles. The number of nitrogens with zero attached hydrogens (tertiary/aromatic N) is 1. The topological polar surface area (TPSA) is 89.7 Å². The standard InChI is InChI=1S/C19H19FN2O4S/c20-13-4-6-14(7-5-13)22(9-8-17(21)23)18(24)11-26-19(25)16-10-12-2-1-3-15(12)27-16/h4-7,10H,1-3,8-9,11H2,(H2,21,23). The molecule has 0 bridgehead atoms. The van der Waals surface area contributed by atoms with Gasteiger partial charge in [0.05, 0.1) is 0 Å². The van der Waals surface area contributed by atoms with Gasteiger partial charge in [0.1, 0.15) is 10.7 Å². The van der Waals surface area contributed by atoms with Gasteiger partial charge in [-0.25, -0.2) is 9.18 Å². The smallest absolute Gasteiger partial charge is 0.348 e. The molecule has 0 saturated carbocycles. The molecule has 2 aromatic rings. The maximum Gasteiger partial charge on any atom is 0.348 e. The van der Waals surface area contributed by atoms with E-state index in [1.165, 1.54) is 50.9 Å². The fourth-order valence-electron chi connectivity index (χ4n) is 2.95. The number of primary amides is 1. The molecule has 1 aliphatic carbocycles. The Morgan fingerprint density at radius 3 is 2.59 bits per heavy atom. The zero-order valence-corrected chi connectivity index (χ0v) is 15.4. The minimum Gasteiger partial charge on any atom is -0.451 e. The Hall–Kier alpha value is -2.74. The van der Waals surface area contributed by atoms with E-state index < -0.39 is 30.2 Å². The van der Waals surface area contributed by atoms with Gasteiger partial charge in [0.2, 0.25) is 5.91 Å². The quantitative estimate of drug-likeness (QED) is 0.736. The van der Waals surface area contributed by atoms with Crippen molar-refractivity contribution in [2.45, 2.75) is 25.7 Å². The summed E-state index contributed by atoms with van der Waals surface area (Å²) < 4.78 is 18.3. The fraction of sp³-hybridized carbons (Fsp3) is 0.316. The highest BCUT2D eigenvalue weighted by molar-refractivity contribution is 7.14. The van der Waals surface area contributed by atoms with Crippen LogP contribution in [0.15, 0.2) is 30.3 Å². The first kappa shape index (κ1) is 19.0. The molecule has 0 radical (unpaired) electrons. The lowest BCUT2D eigenvalue weighted by atomic mass is 10.2. The van der Waals surface area contributed by atoms with Gasteiger partial charge < -0.3 is 15.4 Å². The van der Waals surface area contributed by atoms with E-state index in [0.29, 0.717) is 10.6 Å². The van der Waals surface area contributed by atoms with Crippen molar-refractivity contribution in [1.29, 1.82) is 0 Å². The normalized spacial score (nSPS) is 12.5. The lowest BCUT2D eigenvalue weighted by Crippen LogP contribution is -2.37. The number of hydrogen-bond donors (Lipinski definition) is 1. The number of carbonyl (C=O) groups is 3. The Bertz CT molecular complexity index is 842. The molecule has 1 aliphatic rings. The van der Waals surface area contributed by atoms with Gasteiger partial charge >= 0.3 is 5.97 Å². The minimum absolute atomic E-state index is 0.0185. The Labute approximate surface area is 159 Å². The summed E-state index contributed by atoms with van der Waals surface area (Å²) in [6.45, 7) is -0.456. The van der Waals surface area contributed by atoms with Crippen molar-refractivity contribution in [3.63, 3.8) is 0 Å². The van der Waals surface area contributed by atoms with Gasteiger partial charge in [-0.1, -0.05) is 0 Å². The summed E-state index contributed by atoms with van der Waals surface area (Å²) >= 11 is 1.40. The first-order chi connectivity index (χ1) is 12.9.